The van der Waals surface area contributed by atoms with Gasteiger partial charge in [-0.3, -0.25) is 4.79 Å². The second kappa shape index (κ2) is 7.11. The fourth-order valence-electron chi connectivity index (χ4n) is 2.50. The van der Waals surface area contributed by atoms with E-state index < -0.39 is 0 Å². The Hall–Kier alpha value is -1.91. The maximum Gasteiger partial charge on any atom is 0.239 e. The summed E-state index contributed by atoms with van der Waals surface area (Å²) in [7, 11) is 0. The van der Waals surface area contributed by atoms with E-state index in [9.17, 15) is 10.1 Å². The third-order valence-corrected chi connectivity index (χ3v) is 5.50. The normalized spacial score (nSPS) is 14.6. The Balaban J connectivity index is 1.76. The van der Waals surface area contributed by atoms with Crippen LogP contribution in [0, 0.1) is 11.3 Å². The van der Waals surface area contributed by atoms with Gasteiger partial charge in [0, 0.05) is 17.3 Å². The number of nitriles is 1. The van der Waals surface area contributed by atoms with Gasteiger partial charge in [0.1, 0.15) is 11.1 Å². The van der Waals surface area contributed by atoms with Crippen molar-refractivity contribution < 1.29 is 4.79 Å². The molecule has 2 aromatic heterocycles. The summed E-state index contributed by atoms with van der Waals surface area (Å²) >= 11 is 2.71. The van der Waals surface area contributed by atoms with E-state index in [0.717, 1.165) is 31.4 Å². The smallest absolute Gasteiger partial charge is 0.239 e. The Morgan fingerprint density at radius 1 is 1.48 bits per heavy atom. The minimum atomic E-state index is -0.347. The molecule has 0 spiro atoms. The molecule has 0 radical (unpaired) electrons. The molecular formula is C16H16N4OS2. The van der Waals surface area contributed by atoms with Crippen LogP contribution in [0.25, 0.3) is 0 Å². The maximum atomic E-state index is 12.2. The summed E-state index contributed by atoms with van der Waals surface area (Å²) in [5.41, 5.74) is 2.81. The van der Waals surface area contributed by atoms with Crippen LogP contribution in [-0.4, -0.2) is 21.1 Å². The predicted molar refractivity (Wildman–Crippen MR) is 91.7 cm³/mol. The van der Waals surface area contributed by atoms with Gasteiger partial charge in [-0.05, 0) is 44.2 Å². The van der Waals surface area contributed by atoms with Crippen LogP contribution in [-0.2, 0) is 17.6 Å². The average Bonchev–Trinajstić information content (AvgIpc) is 3.07. The van der Waals surface area contributed by atoms with E-state index in [-0.39, 0.29) is 11.2 Å². The molecule has 0 saturated carbocycles. The Morgan fingerprint density at radius 2 is 2.30 bits per heavy atom. The molecule has 0 aromatic carbocycles. The van der Waals surface area contributed by atoms with Crippen LogP contribution in [0.5, 0.6) is 0 Å². The molecule has 1 unspecified atom stereocenters. The molecule has 3 rings (SSSR count). The molecule has 7 heteroatoms. The zero-order chi connectivity index (χ0) is 16.2. The number of carbonyl (C=O) groups is 1. The maximum absolute atomic E-state index is 12.2. The Kier molecular flexibility index (Phi) is 4.94. The molecule has 1 aliphatic rings. The van der Waals surface area contributed by atoms with Crippen molar-refractivity contribution in [3.05, 3.63) is 34.5 Å². The van der Waals surface area contributed by atoms with Crippen LogP contribution in [0.3, 0.4) is 0 Å². The topological polar surface area (TPSA) is 78.7 Å². The number of aromatic nitrogens is 2. The van der Waals surface area contributed by atoms with Crippen LogP contribution in [0.2, 0.25) is 0 Å². The van der Waals surface area contributed by atoms with Crippen molar-refractivity contribution in [1.82, 2.24) is 9.97 Å². The largest absolute Gasteiger partial charge is 0.301 e. The van der Waals surface area contributed by atoms with Crippen molar-refractivity contribution in [2.24, 2.45) is 0 Å². The number of carbonyl (C=O) groups excluding carboxylic acids is 1. The highest BCUT2D eigenvalue weighted by Gasteiger charge is 2.21. The van der Waals surface area contributed by atoms with Crippen LogP contribution in [0.1, 0.15) is 36.6 Å². The predicted octanol–water partition coefficient (Wildman–Crippen LogP) is 3.41. The van der Waals surface area contributed by atoms with Gasteiger partial charge in [-0.15, -0.1) is 11.3 Å². The van der Waals surface area contributed by atoms with E-state index in [1.807, 2.05) is 18.4 Å². The third kappa shape index (κ3) is 3.71. The van der Waals surface area contributed by atoms with Crippen molar-refractivity contribution in [3.63, 3.8) is 0 Å². The van der Waals surface area contributed by atoms with Gasteiger partial charge in [0.25, 0.3) is 0 Å². The van der Waals surface area contributed by atoms with E-state index in [2.05, 4.69) is 21.4 Å². The fourth-order valence-corrected chi connectivity index (χ4v) is 3.92. The van der Waals surface area contributed by atoms with E-state index in [4.69, 9.17) is 0 Å². The molecule has 0 saturated heterocycles. The van der Waals surface area contributed by atoms with Crippen molar-refractivity contribution in [3.8, 4) is 6.07 Å². The van der Waals surface area contributed by atoms with E-state index >= 15 is 0 Å². The molecule has 0 aliphatic heterocycles. The number of aryl methyl sites for hydroxylation is 2. The number of hydrogen-bond donors (Lipinski definition) is 1. The van der Waals surface area contributed by atoms with Gasteiger partial charge in [-0.25, -0.2) is 9.97 Å². The number of thioether (sulfide) groups is 1. The third-order valence-electron chi connectivity index (χ3n) is 3.71. The van der Waals surface area contributed by atoms with Gasteiger partial charge in [0.05, 0.1) is 10.8 Å². The summed E-state index contributed by atoms with van der Waals surface area (Å²) in [6.45, 7) is 1.82. The number of nitrogens with one attached hydrogen (secondary N) is 1. The lowest BCUT2D eigenvalue weighted by Crippen LogP contribution is -2.22. The van der Waals surface area contributed by atoms with Crippen LogP contribution in [0.4, 0.5) is 5.13 Å². The molecule has 2 heterocycles. The minimum Gasteiger partial charge on any atom is -0.301 e. The Morgan fingerprint density at radius 3 is 3.04 bits per heavy atom. The van der Waals surface area contributed by atoms with Crippen molar-refractivity contribution >= 4 is 34.1 Å². The number of pyridine rings is 1. The first kappa shape index (κ1) is 16.0. The summed E-state index contributed by atoms with van der Waals surface area (Å²) in [6.07, 6.45) is 5.88. The quantitative estimate of drug-likeness (QED) is 0.860. The lowest BCUT2D eigenvalue weighted by Gasteiger charge is -2.17. The number of nitrogens with zero attached hydrogens (tertiary/aromatic N) is 3. The van der Waals surface area contributed by atoms with Crippen LogP contribution in [0.15, 0.2) is 22.7 Å². The average molecular weight is 344 g/mol. The number of thiazole rings is 1. The van der Waals surface area contributed by atoms with E-state index in [1.165, 1.54) is 28.7 Å². The molecular weight excluding hydrogens is 328 g/mol. The molecule has 0 fully saturated rings. The molecule has 1 aliphatic carbocycles. The highest BCUT2D eigenvalue weighted by molar-refractivity contribution is 8.00. The Bertz CT molecular complexity index is 752. The zero-order valence-electron chi connectivity index (χ0n) is 12.7. The lowest BCUT2D eigenvalue weighted by molar-refractivity contribution is -0.115. The number of rotatable bonds is 4. The monoisotopic (exact) mass is 344 g/mol. The first-order valence-electron chi connectivity index (χ1n) is 7.47. The van der Waals surface area contributed by atoms with Gasteiger partial charge in [0.2, 0.25) is 5.91 Å². The number of fused-ring (bicyclic) bond motifs is 1. The molecule has 0 bridgehead atoms. The van der Waals surface area contributed by atoms with Crippen molar-refractivity contribution in [2.45, 2.75) is 42.9 Å². The second-order valence-corrected chi connectivity index (χ2v) is 7.58. The summed E-state index contributed by atoms with van der Waals surface area (Å²) in [5, 5.41) is 14.8. The first-order chi connectivity index (χ1) is 11.2. The molecule has 5 nitrogen and oxygen atoms in total. The summed E-state index contributed by atoms with van der Waals surface area (Å²) in [5.74, 6) is -0.131. The van der Waals surface area contributed by atoms with Crippen molar-refractivity contribution in [1.29, 1.82) is 5.26 Å². The highest BCUT2D eigenvalue weighted by atomic mass is 32.2. The standard InChI is InChI=1S/C16H16N4OS2/c1-10(14(21)20-16-18-6-7-22-16)23-15-12(9-17)8-11-4-2-3-5-13(11)19-15/h6-8,10H,2-5H2,1H3,(H,18,20,21). The molecule has 23 heavy (non-hydrogen) atoms. The molecule has 1 N–H and O–H groups in total. The summed E-state index contributed by atoms with van der Waals surface area (Å²) < 4.78 is 0. The summed E-state index contributed by atoms with van der Waals surface area (Å²) in [4.78, 5) is 20.9. The van der Waals surface area contributed by atoms with Crippen LogP contribution >= 0.6 is 23.1 Å². The van der Waals surface area contributed by atoms with E-state index in [0.29, 0.717) is 15.7 Å². The van der Waals surface area contributed by atoms with Gasteiger partial charge in [-0.2, -0.15) is 5.26 Å². The molecule has 1 atom stereocenters. The highest BCUT2D eigenvalue weighted by Crippen LogP contribution is 2.30. The van der Waals surface area contributed by atoms with Gasteiger partial charge in [-0.1, -0.05) is 11.8 Å². The number of amides is 1. The Labute approximate surface area is 143 Å². The number of anilines is 1. The van der Waals surface area contributed by atoms with Crippen molar-refractivity contribution in [2.75, 3.05) is 5.32 Å². The van der Waals surface area contributed by atoms with Gasteiger partial charge in [0.15, 0.2) is 5.13 Å². The molecule has 2 aromatic rings. The lowest BCUT2D eigenvalue weighted by atomic mass is 9.95. The first-order valence-corrected chi connectivity index (χ1v) is 9.23. The second-order valence-electron chi connectivity index (χ2n) is 5.35. The van der Waals surface area contributed by atoms with E-state index in [1.54, 1.807) is 6.20 Å². The fraction of sp³-hybridized carbons (Fsp3) is 0.375. The molecule has 1 amide bonds. The zero-order valence-corrected chi connectivity index (χ0v) is 14.3. The molecule has 118 valence electrons. The SMILES string of the molecule is CC(Sc1nc2c(cc1C#N)CCCC2)C(=O)Nc1nccs1. The number of hydrogen-bond acceptors (Lipinski definition) is 6. The summed E-state index contributed by atoms with van der Waals surface area (Å²) in [6, 6.07) is 4.15. The van der Waals surface area contributed by atoms with Gasteiger partial charge >= 0.3 is 0 Å². The van der Waals surface area contributed by atoms with Crippen LogP contribution < -0.4 is 5.32 Å². The van der Waals surface area contributed by atoms with Gasteiger partial charge < -0.3 is 5.32 Å². The minimum absolute atomic E-state index is 0.131.